The molecule has 2 rings (SSSR count). The van der Waals surface area contributed by atoms with Crippen LogP contribution in [0.1, 0.15) is 49.8 Å². The molecule has 0 heterocycles. The number of rotatable bonds is 6. The van der Waals surface area contributed by atoms with Crippen LogP contribution in [-0.4, -0.2) is 10.2 Å². The molecule has 0 amide bonds. The molecule has 0 aliphatic carbocycles. The van der Waals surface area contributed by atoms with E-state index in [1.54, 1.807) is 6.07 Å². The average Bonchev–Trinajstić information content (AvgIpc) is 2.52. The van der Waals surface area contributed by atoms with Crippen molar-refractivity contribution in [1.29, 1.82) is 0 Å². The zero-order valence-corrected chi connectivity index (χ0v) is 16.8. The molecule has 0 fully saturated rings. The van der Waals surface area contributed by atoms with Gasteiger partial charge in [-0.15, -0.1) is 0 Å². The highest BCUT2D eigenvalue weighted by atomic mass is 127. The number of halogens is 1. The van der Waals surface area contributed by atoms with Crippen LogP contribution in [0.5, 0.6) is 11.5 Å². The maximum absolute atomic E-state index is 10.8. The Labute approximate surface area is 158 Å². The van der Waals surface area contributed by atoms with Gasteiger partial charge in [-0.1, -0.05) is 55.7 Å². The number of phenols is 2. The molecule has 2 aromatic carbocycles. The van der Waals surface area contributed by atoms with Crippen molar-refractivity contribution in [3.8, 4) is 22.6 Å². The van der Waals surface area contributed by atoms with E-state index in [1.807, 2.05) is 32.0 Å². The lowest BCUT2D eigenvalue weighted by Crippen LogP contribution is -1.95. The molecule has 0 atom stereocenters. The number of aromatic hydroxyl groups is 2. The van der Waals surface area contributed by atoms with Crippen LogP contribution in [0.25, 0.3) is 16.7 Å². The number of aryl methyl sites for hydroxylation is 2. The first kappa shape index (κ1) is 18.8. The van der Waals surface area contributed by atoms with E-state index in [-0.39, 0.29) is 11.5 Å². The van der Waals surface area contributed by atoms with Crippen LogP contribution in [0.4, 0.5) is 0 Å². The summed E-state index contributed by atoms with van der Waals surface area (Å²) in [5.74, 6) is 0.294. The molecule has 2 N–H and O–H groups in total. The van der Waals surface area contributed by atoms with Crippen molar-refractivity contribution < 1.29 is 10.2 Å². The van der Waals surface area contributed by atoms with Crippen molar-refractivity contribution >= 4 is 28.2 Å². The van der Waals surface area contributed by atoms with Gasteiger partial charge in [0.1, 0.15) is 11.5 Å². The Bertz CT molecular complexity index is 763. The van der Waals surface area contributed by atoms with E-state index in [0.717, 1.165) is 57.1 Å². The topological polar surface area (TPSA) is 40.5 Å². The lowest BCUT2D eigenvalue weighted by Gasteiger charge is -2.17. The molecular weight excluding hydrogens is 411 g/mol. The van der Waals surface area contributed by atoms with Gasteiger partial charge < -0.3 is 10.2 Å². The lowest BCUT2D eigenvalue weighted by molar-refractivity contribution is 0.450. The zero-order valence-electron chi connectivity index (χ0n) is 14.6. The van der Waals surface area contributed by atoms with Crippen molar-refractivity contribution in [1.82, 2.24) is 0 Å². The molecule has 0 aliphatic rings. The van der Waals surface area contributed by atoms with Crippen LogP contribution in [-0.2, 0) is 6.42 Å². The highest BCUT2D eigenvalue weighted by Crippen LogP contribution is 2.44. The summed E-state index contributed by atoms with van der Waals surface area (Å²) in [5.41, 5.74) is 5.27. The summed E-state index contributed by atoms with van der Waals surface area (Å²) >= 11 is 2.18. The van der Waals surface area contributed by atoms with Gasteiger partial charge in [0.15, 0.2) is 0 Å². The molecule has 3 heteroatoms. The van der Waals surface area contributed by atoms with Gasteiger partial charge in [0.25, 0.3) is 0 Å². The average molecular weight is 436 g/mol. The quantitative estimate of drug-likeness (QED) is 0.404. The molecule has 24 heavy (non-hydrogen) atoms. The molecule has 0 saturated heterocycles. The maximum atomic E-state index is 10.8. The van der Waals surface area contributed by atoms with Gasteiger partial charge >= 0.3 is 0 Å². The Kier molecular flexibility index (Phi) is 6.33. The number of hydrogen-bond donors (Lipinski definition) is 2. The van der Waals surface area contributed by atoms with E-state index in [9.17, 15) is 10.2 Å². The first-order valence-electron chi connectivity index (χ1n) is 8.37. The first-order chi connectivity index (χ1) is 11.4. The summed E-state index contributed by atoms with van der Waals surface area (Å²) in [6.45, 7) is 10.1. The zero-order chi connectivity index (χ0) is 17.9. The summed E-state index contributed by atoms with van der Waals surface area (Å²) in [5, 5.41) is 21.4. The molecule has 0 unspecified atom stereocenters. The Morgan fingerprint density at radius 3 is 2.50 bits per heavy atom. The SMILES string of the molecule is C=C(C)c1ccc(C)cc1-c1c(O)cc(CCCCC)c(I)c1O. The van der Waals surface area contributed by atoms with Crippen LogP contribution < -0.4 is 0 Å². The summed E-state index contributed by atoms with van der Waals surface area (Å²) in [4.78, 5) is 0. The summed E-state index contributed by atoms with van der Waals surface area (Å²) < 4.78 is 0.825. The van der Waals surface area contributed by atoms with E-state index >= 15 is 0 Å². The van der Waals surface area contributed by atoms with Crippen molar-refractivity contribution in [3.05, 3.63) is 51.1 Å². The standard InChI is InChI=1S/C21H25IO2/c1-5-6-7-8-15-12-18(23)19(21(24)20(15)22)17-11-14(4)9-10-16(17)13(2)3/h9-12,23-24H,2,5-8H2,1,3-4H3. The van der Waals surface area contributed by atoms with Crippen molar-refractivity contribution in [2.75, 3.05) is 0 Å². The molecule has 0 spiro atoms. The maximum Gasteiger partial charge on any atom is 0.140 e. The third-order valence-corrected chi connectivity index (χ3v) is 5.45. The third kappa shape index (κ3) is 3.94. The van der Waals surface area contributed by atoms with E-state index in [0.29, 0.717) is 5.56 Å². The molecule has 2 aromatic rings. The van der Waals surface area contributed by atoms with Gasteiger partial charge in [-0.3, -0.25) is 0 Å². The Morgan fingerprint density at radius 2 is 1.88 bits per heavy atom. The Hall–Kier alpha value is -1.49. The van der Waals surface area contributed by atoms with Crippen LogP contribution in [0.3, 0.4) is 0 Å². The van der Waals surface area contributed by atoms with E-state index in [1.165, 1.54) is 0 Å². The summed E-state index contributed by atoms with van der Waals surface area (Å²) in [6, 6.07) is 7.81. The van der Waals surface area contributed by atoms with Crippen LogP contribution in [0.2, 0.25) is 0 Å². The largest absolute Gasteiger partial charge is 0.507 e. The van der Waals surface area contributed by atoms with Gasteiger partial charge in [-0.05, 0) is 72.0 Å². The molecular formula is C21H25IO2. The number of unbranched alkanes of at least 4 members (excludes halogenated alkanes) is 2. The predicted octanol–water partition coefficient (Wildman–Crippen LogP) is 6.44. The Balaban J connectivity index is 2.59. The van der Waals surface area contributed by atoms with Crippen molar-refractivity contribution in [2.24, 2.45) is 0 Å². The second kappa shape index (κ2) is 8.06. The van der Waals surface area contributed by atoms with Gasteiger partial charge in [0.2, 0.25) is 0 Å². The van der Waals surface area contributed by atoms with Gasteiger partial charge in [0.05, 0.1) is 9.13 Å². The van der Waals surface area contributed by atoms with Crippen LogP contribution >= 0.6 is 22.6 Å². The van der Waals surface area contributed by atoms with Crippen LogP contribution in [0, 0.1) is 10.5 Å². The first-order valence-corrected chi connectivity index (χ1v) is 9.44. The van der Waals surface area contributed by atoms with Crippen molar-refractivity contribution in [3.63, 3.8) is 0 Å². The van der Waals surface area contributed by atoms with Crippen molar-refractivity contribution in [2.45, 2.75) is 46.5 Å². The van der Waals surface area contributed by atoms with Gasteiger partial charge in [-0.25, -0.2) is 0 Å². The highest BCUT2D eigenvalue weighted by Gasteiger charge is 2.19. The molecule has 0 aromatic heterocycles. The molecule has 2 nitrogen and oxygen atoms in total. The summed E-state index contributed by atoms with van der Waals surface area (Å²) in [7, 11) is 0. The van der Waals surface area contributed by atoms with E-state index in [2.05, 4.69) is 36.1 Å². The van der Waals surface area contributed by atoms with Gasteiger partial charge in [-0.2, -0.15) is 0 Å². The minimum atomic E-state index is 0.132. The van der Waals surface area contributed by atoms with Gasteiger partial charge in [0, 0.05) is 0 Å². The molecule has 128 valence electrons. The second-order valence-corrected chi connectivity index (χ2v) is 7.46. The second-order valence-electron chi connectivity index (χ2n) is 6.38. The summed E-state index contributed by atoms with van der Waals surface area (Å²) in [6.07, 6.45) is 4.23. The normalized spacial score (nSPS) is 10.8. The molecule has 0 saturated carbocycles. The number of allylic oxidation sites excluding steroid dienone is 1. The molecule has 0 radical (unpaired) electrons. The predicted molar refractivity (Wildman–Crippen MR) is 111 cm³/mol. The van der Waals surface area contributed by atoms with E-state index in [4.69, 9.17) is 0 Å². The number of benzene rings is 2. The van der Waals surface area contributed by atoms with E-state index < -0.39 is 0 Å². The monoisotopic (exact) mass is 436 g/mol. The number of phenolic OH excluding ortho intramolecular Hbond substituents is 2. The molecule has 0 bridgehead atoms. The van der Waals surface area contributed by atoms with Crippen LogP contribution in [0.15, 0.2) is 30.8 Å². The smallest absolute Gasteiger partial charge is 0.140 e. The lowest BCUT2D eigenvalue weighted by atomic mass is 9.91. The number of hydrogen-bond acceptors (Lipinski definition) is 2. The highest BCUT2D eigenvalue weighted by molar-refractivity contribution is 14.1. The fourth-order valence-corrected chi connectivity index (χ4v) is 3.63. The molecule has 0 aliphatic heterocycles. The Morgan fingerprint density at radius 1 is 1.17 bits per heavy atom. The third-order valence-electron chi connectivity index (χ3n) is 4.25. The minimum absolute atomic E-state index is 0.132. The minimum Gasteiger partial charge on any atom is -0.507 e. The fourth-order valence-electron chi connectivity index (χ4n) is 2.93. The fraction of sp³-hybridized carbons (Fsp3) is 0.333.